The average Bonchev–Trinajstić information content (AvgIpc) is 2.93. The van der Waals surface area contributed by atoms with Crippen molar-refractivity contribution >= 4 is 17.6 Å². The van der Waals surface area contributed by atoms with Crippen LogP contribution in [0, 0.1) is 23.1 Å². The number of carbonyl (C=O) groups excluding carboxylic acids is 3. The predicted octanol–water partition coefficient (Wildman–Crippen LogP) is 3.56. The number of ketones is 1. The van der Waals surface area contributed by atoms with Gasteiger partial charge in [-0.15, -0.1) is 0 Å². The lowest BCUT2D eigenvalue weighted by atomic mass is 9.62. The Kier molecular flexibility index (Phi) is 9.81. The molecule has 0 spiro atoms. The maximum Gasteiger partial charge on any atom is 0.245 e. The topological polar surface area (TPSA) is 81.8 Å². The molecule has 2 amide bonds. The highest BCUT2D eigenvalue weighted by molar-refractivity contribution is 5.90. The molecule has 216 valence electrons. The number of nitrogens with one attached hydrogen (secondary N) is 2. The monoisotopic (exact) mass is 542 g/mol. The van der Waals surface area contributed by atoms with Crippen molar-refractivity contribution in [3.8, 4) is 0 Å². The molecule has 0 bridgehead atoms. The predicted molar refractivity (Wildman–Crippen MR) is 151 cm³/mol. The van der Waals surface area contributed by atoms with E-state index in [2.05, 4.69) is 29.4 Å². The van der Waals surface area contributed by atoms with E-state index in [1.807, 2.05) is 11.9 Å². The quantitative estimate of drug-likeness (QED) is 0.525. The van der Waals surface area contributed by atoms with Gasteiger partial charge < -0.3 is 15.5 Å². The number of piperidine rings is 1. The number of carbonyl (C=O) groups is 3. The second-order valence-electron chi connectivity index (χ2n) is 12.5. The molecular weight excluding hydrogens is 495 g/mol. The highest BCUT2D eigenvalue weighted by Crippen LogP contribution is 2.46. The maximum atomic E-state index is 13.9. The molecule has 3 aliphatic rings. The molecule has 2 saturated heterocycles. The van der Waals surface area contributed by atoms with Gasteiger partial charge in [-0.2, -0.15) is 0 Å². The third-order valence-corrected chi connectivity index (χ3v) is 9.72. The van der Waals surface area contributed by atoms with Crippen molar-refractivity contribution in [2.75, 3.05) is 33.2 Å². The number of likely N-dealkylation sites (N-methyl/N-ethyl adjacent to an activating group) is 1. The number of benzene rings is 1. The number of piperazine rings is 1. The van der Waals surface area contributed by atoms with Crippen molar-refractivity contribution in [2.45, 2.75) is 90.3 Å². The van der Waals surface area contributed by atoms with E-state index in [4.69, 9.17) is 0 Å². The first-order valence-electron chi connectivity index (χ1n) is 14.9. The lowest BCUT2D eigenvalue weighted by molar-refractivity contribution is -0.144. The van der Waals surface area contributed by atoms with E-state index in [9.17, 15) is 18.8 Å². The lowest BCUT2D eigenvalue weighted by Crippen LogP contribution is -2.63. The fourth-order valence-electron chi connectivity index (χ4n) is 7.03. The minimum absolute atomic E-state index is 0.125. The lowest BCUT2D eigenvalue weighted by Gasteiger charge is -2.47. The van der Waals surface area contributed by atoms with Gasteiger partial charge in [-0.05, 0) is 69.2 Å². The molecule has 1 aliphatic carbocycles. The van der Waals surface area contributed by atoms with Crippen molar-refractivity contribution in [2.24, 2.45) is 17.3 Å². The van der Waals surface area contributed by atoms with Crippen LogP contribution >= 0.6 is 0 Å². The van der Waals surface area contributed by atoms with Crippen molar-refractivity contribution < 1.29 is 18.8 Å². The summed E-state index contributed by atoms with van der Waals surface area (Å²) in [4.78, 5) is 44.1. The minimum atomic E-state index is -0.751. The first kappa shape index (κ1) is 29.7. The second kappa shape index (κ2) is 12.9. The second-order valence-corrected chi connectivity index (χ2v) is 12.5. The summed E-state index contributed by atoms with van der Waals surface area (Å²) in [6, 6.07) is 5.30. The van der Waals surface area contributed by atoms with Gasteiger partial charge in [0.15, 0.2) is 0 Å². The van der Waals surface area contributed by atoms with Gasteiger partial charge in [-0.1, -0.05) is 45.2 Å². The third kappa shape index (κ3) is 6.88. The van der Waals surface area contributed by atoms with Crippen LogP contribution in [0.4, 0.5) is 4.39 Å². The number of hydrogen-bond donors (Lipinski definition) is 2. The van der Waals surface area contributed by atoms with Crippen molar-refractivity contribution in [1.82, 2.24) is 20.4 Å². The number of amides is 2. The summed E-state index contributed by atoms with van der Waals surface area (Å²) in [6.45, 7) is 8.37. The number of halogens is 1. The summed E-state index contributed by atoms with van der Waals surface area (Å²) in [5.41, 5.74) is 0.457. The number of Topliss-reactive ketones (excluding diaryl/α,β-unsaturated/α-hetero) is 1. The average molecular weight is 543 g/mol. The van der Waals surface area contributed by atoms with Gasteiger partial charge in [0.05, 0.1) is 0 Å². The Morgan fingerprint density at radius 2 is 1.72 bits per heavy atom. The van der Waals surface area contributed by atoms with Gasteiger partial charge in [0.1, 0.15) is 23.7 Å². The molecular formula is C31H47FN4O3. The van der Waals surface area contributed by atoms with Crippen LogP contribution in [0.2, 0.25) is 0 Å². The molecule has 3 atom stereocenters. The van der Waals surface area contributed by atoms with Crippen LogP contribution in [-0.2, 0) is 20.8 Å². The van der Waals surface area contributed by atoms with Gasteiger partial charge in [0.25, 0.3) is 0 Å². The normalized spacial score (nSPS) is 25.3. The van der Waals surface area contributed by atoms with Crippen molar-refractivity contribution in [1.29, 1.82) is 0 Å². The summed E-state index contributed by atoms with van der Waals surface area (Å²) < 4.78 is 13.6. The molecule has 1 saturated carbocycles. The van der Waals surface area contributed by atoms with Crippen LogP contribution in [-0.4, -0.2) is 78.7 Å². The molecule has 4 rings (SSSR count). The SMILES string of the molecule is CC(=O)C1(C2CCCCC2)CCN(C(=O)[C@@H](Cc2ccc(F)cc2)NC(=O)[C@@H]2CNC(C(C)C)CN2C)CC1. The van der Waals surface area contributed by atoms with Crippen LogP contribution in [0.5, 0.6) is 0 Å². The van der Waals surface area contributed by atoms with Crippen LogP contribution in [0.25, 0.3) is 0 Å². The molecule has 2 N–H and O–H groups in total. The van der Waals surface area contributed by atoms with Gasteiger partial charge in [0, 0.05) is 44.1 Å². The first-order valence-corrected chi connectivity index (χ1v) is 14.9. The molecule has 8 heteroatoms. The van der Waals surface area contributed by atoms with Gasteiger partial charge >= 0.3 is 0 Å². The largest absolute Gasteiger partial charge is 0.343 e. The molecule has 1 aromatic rings. The molecule has 0 aromatic heterocycles. The van der Waals surface area contributed by atoms with E-state index in [1.165, 1.54) is 31.4 Å². The Bertz CT molecular complexity index is 1000. The zero-order chi connectivity index (χ0) is 28.2. The van der Waals surface area contributed by atoms with Crippen LogP contribution in [0.15, 0.2) is 24.3 Å². The van der Waals surface area contributed by atoms with E-state index in [0.717, 1.165) is 24.9 Å². The standard InChI is InChI=1S/C31H47FN4O3/c1-21(2)27-20-35(4)28(19-33-27)29(38)34-26(18-23-10-12-25(32)13-11-23)30(39)36-16-14-31(15-17-36,22(3)37)24-8-6-5-7-9-24/h10-13,21,24,26-28,33H,5-9,14-20H2,1-4H3,(H,34,38)/t26-,27?,28+/m1/s1. The van der Waals surface area contributed by atoms with Crippen LogP contribution in [0.3, 0.4) is 0 Å². The number of nitrogens with zero attached hydrogens (tertiary/aromatic N) is 2. The smallest absolute Gasteiger partial charge is 0.245 e. The summed E-state index contributed by atoms with van der Waals surface area (Å²) in [5, 5.41) is 6.54. The number of likely N-dealkylation sites (tertiary alicyclic amines) is 1. The molecule has 3 fully saturated rings. The molecule has 1 aromatic carbocycles. The highest BCUT2D eigenvalue weighted by atomic mass is 19.1. The Morgan fingerprint density at radius 3 is 2.28 bits per heavy atom. The third-order valence-electron chi connectivity index (χ3n) is 9.72. The maximum absolute atomic E-state index is 13.9. The fraction of sp³-hybridized carbons (Fsp3) is 0.710. The van der Waals surface area contributed by atoms with E-state index in [1.54, 1.807) is 19.1 Å². The van der Waals surface area contributed by atoms with Gasteiger partial charge in [-0.25, -0.2) is 4.39 Å². The zero-order valence-electron chi connectivity index (χ0n) is 24.2. The van der Waals surface area contributed by atoms with E-state index in [0.29, 0.717) is 56.8 Å². The number of rotatable bonds is 8. The Hall–Kier alpha value is -2.32. The summed E-state index contributed by atoms with van der Waals surface area (Å²) >= 11 is 0. The summed E-state index contributed by atoms with van der Waals surface area (Å²) in [6.07, 6.45) is 7.44. The highest BCUT2D eigenvalue weighted by Gasteiger charge is 2.46. The minimum Gasteiger partial charge on any atom is -0.343 e. The molecule has 0 radical (unpaired) electrons. The summed E-state index contributed by atoms with van der Waals surface area (Å²) in [7, 11) is 1.95. The Morgan fingerprint density at radius 1 is 1.08 bits per heavy atom. The first-order chi connectivity index (χ1) is 18.6. The number of hydrogen-bond acceptors (Lipinski definition) is 5. The molecule has 7 nitrogen and oxygen atoms in total. The molecule has 39 heavy (non-hydrogen) atoms. The van der Waals surface area contributed by atoms with E-state index in [-0.39, 0.29) is 34.9 Å². The Labute approximate surface area is 233 Å². The summed E-state index contributed by atoms with van der Waals surface area (Å²) in [5.74, 6) is 0.480. The van der Waals surface area contributed by atoms with Gasteiger partial charge in [-0.3, -0.25) is 19.3 Å². The van der Waals surface area contributed by atoms with E-state index < -0.39 is 6.04 Å². The van der Waals surface area contributed by atoms with Crippen LogP contribution < -0.4 is 10.6 Å². The zero-order valence-corrected chi connectivity index (χ0v) is 24.2. The van der Waals surface area contributed by atoms with Crippen LogP contribution in [0.1, 0.15) is 71.3 Å². The fourth-order valence-corrected chi connectivity index (χ4v) is 7.03. The Balaban J connectivity index is 1.46. The van der Waals surface area contributed by atoms with Crippen molar-refractivity contribution in [3.63, 3.8) is 0 Å². The molecule has 2 aliphatic heterocycles. The van der Waals surface area contributed by atoms with Crippen molar-refractivity contribution in [3.05, 3.63) is 35.6 Å². The molecule has 2 heterocycles. The van der Waals surface area contributed by atoms with Gasteiger partial charge in [0.2, 0.25) is 11.8 Å². The molecule has 1 unspecified atom stereocenters. The van der Waals surface area contributed by atoms with E-state index >= 15 is 0 Å².